The van der Waals surface area contributed by atoms with Crippen molar-refractivity contribution in [3.8, 4) is 0 Å². The zero-order chi connectivity index (χ0) is 17.8. The van der Waals surface area contributed by atoms with Crippen LogP contribution >= 0.6 is 35.5 Å². The SMILES string of the molecule is CCc1nsc(N2CCN(C(=NC)NCC(C)N(C)C3CC3)CC2)n1.I. The third-order valence-electron chi connectivity index (χ3n) is 5.21. The van der Waals surface area contributed by atoms with Crippen molar-refractivity contribution >= 4 is 46.6 Å². The Hall–Kier alpha value is -0.680. The summed E-state index contributed by atoms with van der Waals surface area (Å²) in [6.45, 7) is 9.20. The molecule has 1 saturated carbocycles. The largest absolute Gasteiger partial charge is 0.355 e. The molecule has 26 heavy (non-hydrogen) atoms. The van der Waals surface area contributed by atoms with Crippen molar-refractivity contribution in [1.29, 1.82) is 0 Å². The number of piperazine rings is 1. The number of hydrogen-bond donors (Lipinski definition) is 1. The van der Waals surface area contributed by atoms with Crippen molar-refractivity contribution in [3.63, 3.8) is 0 Å². The van der Waals surface area contributed by atoms with Crippen LogP contribution in [0.3, 0.4) is 0 Å². The fraction of sp³-hybridized carbons (Fsp3) is 0.824. The van der Waals surface area contributed by atoms with E-state index in [0.717, 1.165) is 62.1 Å². The highest BCUT2D eigenvalue weighted by molar-refractivity contribution is 14.0. The van der Waals surface area contributed by atoms with E-state index in [9.17, 15) is 0 Å². The van der Waals surface area contributed by atoms with Crippen molar-refractivity contribution < 1.29 is 0 Å². The van der Waals surface area contributed by atoms with Crippen LogP contribution in [0.15, 0.2) is 4.99 Å². The molecule has 0 spiro atoms. The number of likely N-dealkylation sites (N-methyl/N-ethyl adjacent to an activating group) is 1. The Morgan fingerprint density at radius 3 is 2.58 bits per heavy atom. The molecule has 1 aliphatic carbocycles. The average Bonchev–Trinajstić information content (AvgIpc) is 3.39. The summed E-state index contributed by atoms with van der Waals surface area (Å²) in [5.41, 5.74) is 0. The quantitative estimate of drug-likeness (QED) is 0.371. The average molecular weight is 493 g/mol. The van der Waals surface area contributed by atoms with Crippen LogP contribution in [0, 0.1) is 0 Å². The minimum absolute atomic E-state index is 0. The standard InChI is InChI=1S/C17H31N7S.HI/c1-5-15-20-17(25-21-15)24-10-8-23(9-11-24)16(18-3)19-12-13(2)22(4)14-6-7-14;/h13-14H,5-12H2,1-4H3,(H,18,19);1H. The van der Waals surface area contributed by atoms with Gasteiger partial charge in [0.2, 0.25) is 5.13 Å². The van der Waals surface area contributed by atoms with Gasteiger partial charge in [0.15, 0.2) is 5.96 Å². The second-order valence-electron chi connectivity index (χ2n) is 6.99. The summed E-state index contributed by atoms with van der Waals surface area (Å²) in [6, 6.07) is 1.32. The number of nitrogens with one attached hydrogen (secondary N) is 1. The maximum absolute atomic E-state index is 4.61. The maximum atomic E-state index is 4.61. The van der Waals surface area contributed by atoms with Gasteiger partial charge in [-0.15, -0.1) is 24.0 Å². The summed E-state index contributed by atoms with van der Waals surface area (Å²) in [6.07, 6.45) is 3.60. The van der Waals surface area contributed by atoms with Gasteiger partial charge in [0.1, 0.15) is 5.82 Å². The van der Waals surface area contributed by atoms with E-state index in [1.165, 1.54) is 24.4 Å². The Bertz CT molecular complexity index is 581. The molecule has 7 nitrogen and oxygen atoms in total. The molecular formula is C17H32IN7S. The summed E-state index contributed by atoms with van der Waals surface area (Å²) in [5, 5.41) is 4.62. The molecule has 1 unspecified atom stereocenters. The summed E-state index contributed by atoms with van der Waals surface area (Å²) < 4.78 is 4.40. The molecule has 1 N–H and O–H groups in total. The predicted octanol–water partition coefficient (Wildman–Crippen LogP) is 1.90. The number of aliphatic imine (C=N–C) groups is 1. The summed E-state index contributed by atoms with van der Waals surface area (Å²) >= 11 is 1.52. The Morgan fingerprint density at radius 2 is 2.04 bits per heavy atom. The van der Waals surface area contributed by atoms with Crippen LogP contribution in [-0.2, 0) is 6.42 Å². The molecule has 2 fully saturated rings. The number of hydrogen-bond acceptors (Lipinski definition) is 6. The number of guanidine groups is 1. The topological polar surface area (TPSA) is 59.9 Å². The number of halogens is 1. The van der Waals surface area contributed by atoms with Crippen molar-refractivity contribution in [2.75, 3.05) is 51.7 Å². The molecule has 1 aromatic heterocycles. The molecule has 2 heterocycles. The first kappa shape index (κ1) is 21.6. The van der Waals surface area contributed by atoms with Crippen LogP contribution < -0.4 is 10.2 Å². The molecule has 148 valence electrons. The lowest BCUT2D eigenvalue weighted by molar-refractivity contribution is 0.245. The molecule has 3 rings (SSSR count). The maximum Gasteiger partial charge on any atom is 0.205 e. The second kappa shape index (κ2) is 10.0. The Labute approximate surface area is 178 Å². The van der Waals surface area contributed by atoms with Gasteiger partial charge >= 0.3 is 0 Å². The molecular weight excluding hydrogens is 461 g/mol. The summed E-state index contributed by atoms with van der Waals surface area (Å²) in [4.78, 5) is 16.3. The molecule has 0 aromatic carbocycles. The molecule has 1 atom stereocenters. The predicted molar refractivity (Wildman–Crippen MR) is 120 cm³/mol. The Morgan fingerprint density at radius 1 is 1.35 bits per heavy atom. The van der Waals surface area contributed by atoms with Crippen molar-refractivity contribution in [1.82, 2.24) is 24.5 Å². The van der Waals surface area contributed by atoms with E-state index in [-0.39, 0.29) is 24.0 Å². The molecule has 1 aromatic rings. The van der Waals surface area contributed by atoms with E-state index in [1.54, 1.807) is 0 Å². The first-order chi connectivity index (χ1) is 12.1. The van der Waals surface area contributed by atoms with Gasteiger partial charge in [-0.3, -0.25) is 9.89 Å². The highest BCUT2D eigenvalue weighted by Gasteiger charge is 2.29. The van der Waals surface area contributed by atoms with Gasteiger partial charge in [-0.1, -0.05) is 6.92 Å². The lowest BCUT2D eigenvalue weighted by Gasteiger charge is -2.36. The van der Waals surface area contributed by atoms with Crippen molar-refractivity contribution in [2.45, 2.75) is 45.2 Å². The van der Waals surface area contributed by atoms with Crippen LogP contribution in [-0.4, -0.2) is 84.0 Å². The van der Waals surface area contributed by atoms with E-state index in [2.05, 4.69) is 55.3 Å². The number of anilines is 1. The summed E-state index contributed by atoms with van der Waals surface area (Å²) in [7, 11) is 4.11. The molecule has 1 saturated heterocycles. The molecule has 0 amide bonds. The highest BCUT2D eigenvalue weighted by atomic mass is 127. The van der Waals surface area contributed by atoms with E-state index in [4.69, 9.17) is 0 Å². The van der Waals surface area contributed by atoms with Crippen LogP contribution in [0.5, 0.6) is 0 Å². The Balaban J connectivity index is 0.00000243. The van der Waals surface area contributed by atoms with Gasteiger partial charge in [0.05, 0.1) is 0 Å². The van der Waals surface area contributed by atoms with Gasteiger partial charge in [-0.25, -0.2) is 4.98 Å². The minimum atomic E-state index is 0. The van der Waals surface area contributed by atoms with Crippen LogP contribution in [0.4, 0.5) is 5.13 Å². The molecule has 0 bridgehead atoms. The van der Waals surface area contributed by atoms with Gasteiger partial charge in [-0.2, -0.15) is 4.37 Å². The molecule has 0 radical (unpaired) electrons. The second-order valence-corrected chi connectivity index (χ2v) is 7.72. The normalized spacial score (nSPS) is 19.5. The zero-order valence-electron chi connectivity index (χ0n) is 16.3. The smallest absolute Gasteiger partial charge is 0.205 e. The number of nitrogens with zero attached hydrogens (tertiary/aromatic N) is 6. The first-order valence-corrected chi connectivity index (χ1v) is 10.1. The van der Waals surface area contributed by atoms with Crippen LogP contribution in [0.25, 0.3) is 0 Å². The van der Waals surface area contributed by atoms with Gasteiger partial charge in [0, 0.05) is 69.8 Å². The molecule has 1 aliphatic heterocycles. The monoisotopic (exact) mass is 493 g/mol. The van der Waals surface area contributed by atoms with E-state index >= 15 is 0 Å². The molecule has 9 heteroatoms. The fourth-order valence-corrected chi connectivity index (χ4v) is 3.98. The lowest BCUT2D eigenvalue weighted by Crippen LogP contribution is -2.54. The Kier molecular flexibility index (Phi) is 8.34. The van der Waals surface area contributed by atoms with Crippen LogP contribution in [0.2, 0.25) is 0 Å². The lowest BCUT2D eigenvalue weighted by atomic mass is 10.3. The van der Waals surface area contributed by atoms with Gasteiger partial charge in [-0.05, 0) is 26.8 Å². The third-order valence-corrected chi connectivity index (χ3v) is 6.02. The van der Waals surface area contributed by atoms with E-state index < -0.39 is 0 Å². The number of aromatic nitrogens is 2. The number of aryl methyl sites for hydroxylation is 1. The van der Waals surface area contributed by atoms with Gasteiger partial charge in [0.25, 0.3) is 0 Å². The van der Waals surface area contributed by atoms with Gasteiger partial charge < -0.3 is 15.1 Å². The van der Waals surface area contributed by atoms with Crippen molar-refractivity contribution in [3.05, 3.63) is 5.82 Å². The number of rotatable bonds is 6. The third kappa shape index (κ3) is 5.41. The minimum Gasteiger partial charge on any atom is -0.355 e. The fourth-order valence-electron chi connectivity index (χ4n) is 3.18. The van der Waals surface area contributed by atoms with E-state index in [0.29, 0.717) is 6.04 Å². The summed E-state index contributed by atoms with van der Waals surface area (Å²) in [5.74, 6) is 1.97. The van der Waals surface area contributed by atoms with E-state index in [1.807, 2.05) is 7.05 Å². The van der Waals surface area contributed by atoms with Crippen molar-refractivity contribution in [2.24, 2.45) is 4.99 Å². The molecule has 2 aliphatic rings. The van der Waals surface area contributed by atoms with Crippen LogP contribution in [0.1, 0.15) is 32.5 Å². The zero-order valence-corrected chi connectivity index (χ0v) is 19.5. The first-order valence-electron chi connectivity index (χ1n) is 9.37. The highest BCUT2D eigenvalue weighted by Crippen LogP contribution is 2.26.